The number of carbonyl (C=O) groups is 3. The molecule has 0 radical (unpaired) electrons. The Kier molecular flexibility index (Phi) is 9.30. The van der Waals surface area contributed by atoms with Crippen molar-refractivity contribution in [2.75, 3.05) is 18.5 Å². The number of nitrogens with zero attached hydrogens (tertiary/aromatic N) is 1. The number of amides is 3. The topological polar surface area (TPSA) is 84.9 Å². The van der Waals surface area contributed by atoms with Gasteiger partial charge in [-0.2, -0.15) is 0 Å². The predicted octanol–water partition coefficient (Wildman–Crippen LogP) is 7.17. The molecule has 0 saturated carbocycles. The first-order valence-corrected chi connectivity index (χ1v) is 14.1. The summed E-state index contributed by atoms with van der Waals surface area (Å²) in [6.45, 7) is 4.10. The fourth-order valence-electron chi connectivity index (χ4n) is 3.72. The van der Waals surface area contributed by atoms with E-state index in [1.165, 1.54) is 4.90 Å². The second kappa shape index (κ2) is 12.6. The summed E-state index contributed by atoms with van der Waals surface area (Å²) in [7, 11) is 0. The van der Waals surface area contributed by atoms with Gasteiger partial charge in [0.05, 0.1) is 22.5 Å². The molecular weight excluding hydrogens is 636 g/mol. The monoisotopic (exact) mass is 658 g/mol. The Morgan fingerprint density at radius 1 is 1.03 bits per heavy atom. The minimum atomic E-state index is -0.363. The van der Waals surface area contributed by atoms with Crippen molar-refractivity contribution in [2.45, 2.75) is 20.4 Å². The lowest BCUT2D eigenvalue weighted by Gasteiger charge is -2.15. The van der Waals surface area contributed by atoms with E-state index in [9.17, 15) is 14.4 Å². The maximum Gasteiger partial charge on any atom is 0.293 e. The molecule has 0 aliphatic carbocycles. The molecular formula is C28H24Br2N2O5S. The van der Waals surface area contributed by atoms with Gasteiger partial charge in [-0.3, -0.25) is 19.3 Å². The number of nitrogens with one attached hydrogen (secondary N) is 1. The van der Waals surface area contributed by atoms with Crippen molar-refractivity contribution < 1.29 is 23.9 Å². The van der Waals surface area contributed by atoms with Gasteiger partial charge in [0.2, 0.25) is 0 Å². The molecule has 4 rings (SSSR count). The van der Waals surface area contributed by atoms with E-state index in [1.807, 2.05) is 62.4 Å². The minimum absolute atomic E-state index is 0.175. The number of thioether (sulfide) groups is 1. The molecule has 0 spiro atoms. The van der Waals surface area contributed by atoms with Crippen LogP contribution >= 0.6 is 43.6 Å². The fraction of sp³-hybridized carbons (Fsp3) is 0.179. The molecule has 0 atom stereocenters. The lowest BCUT2D eigenvalue weighted by molar-refractivity contribution is -0.123. The van der Waals surface area contributed by atoms with Crippen molar-refractivity contribution in [3.8, 4) is 11.5 Å². The van der Waals surface area contributed by atoms with Gasteiger partial charge in [0.15, 0.2) is 18.1 Å². The van der Waals surface area contributed by atoms with Crippen LogP contribution in [0.15, 0.2) is 74.5 Å². The van der Waals surface area contributed by atoms with E-state index in [0.717, 1.165) is 27.4 Å². The Morgan fingerprint density at radius 3 is 2.55 bits per heavy atom. The summed E-state index contributed by atoms with van der Waals surface area (Å²) in [4.78, 5) is 39.6. The molecule has 3 aromatic rings. The van der Waals surface area contributed by atoms with E-state index >= 15 is 0 Å². The summed E-state index contributed by atoms with van der Waals surface area (Å²) in [5.74, 6) is 0.0973. The molecule has 1 fully saturated rings. The molecule has 196 valence electrons. The number of benzene rings is 3. The second-order valence-corrected chi connectivity index (χ2v) is 11.0. The van der Waals surface area contributed by atoms with Crippen LogP contribution in [0.5, 0.6) is 11.5 Å². The Bertz CT molecular complexity index is 1430. The second-order valence-electron chi connectivity index (χ2n) is 8.33. The van der Waals surface area contributed by atoms with E-state index in [0.29, 0.717) is 38.7 Å². The predicted molar refractivity (Wildman–Crippen MR) is 156 cm³/mol. The molecule has 38 heavy (non-hydrogen) atoms. The van der Waals surface area contributed by atoms with Crippen molar-refractivity contribution in [1.29, 1.82) is 0 Å². The third-order valence-corrected chi connectivity index (χ3v) is 7.71. The molecule has 10 heteroatoms. The van der Waals surface area contributed by atoms with Gasteiger partial charge in [0.1, 0.15) is 0 Å². The molecule has 1 N–H and O–H groups in total. The van der Waals surface area contributed by atoms with Gasteiger partial charge < -0.3 is 14.8 Å². The molecule has 3 amide bonds. The molecule has 0 unspecified atom stereocenters. The van der Waals surface area contributed by atoms with Gasteiger partial charge in [0, 0.05) is 10.2 Å². The quantitative estimate of drug-likeness (QED) is 0.245. The van der Waals surface area contributed by atoms with E-state index in [4.69, 9.17) is 9.47 Å². The number of hydrogen-bond donors (Lipinski definition) is 1. The number of imide groups is 1. The van der Waals surface area contributed by atoms with Crippen molar-refractivity contribution in [1.82, 2.24) is 4.90 Å². The highest BCUT2D eigenvalue weighted by Crippen LogP contribution is 2.40. The third-order valence-electron chi connectivity index (χ3n) is 5.44. The van der Waals surface area contributed by atoms with Crippen molar-refractivity contribution in [3.63, 3.8) is 0 Å². The lowest BCUT2D eigenvalue weighted by atomic mass is 10.1. The normalized spacial score (nSPS) is 14.2. The Labute approximate surface area is 241 Å². The summed E-state index contributed by atoms with van der Waals surface area (Å²) in [6.07, 6.45) is 1.65. The maximum absolute atomic E-state index is 13.0. The highest BCUT2D eigenvalue weighted by molar-refractivity contribution is 9.10. The summed E-state index contributed by atoms with van der Waals surface area (Å²) in [6, 6.07) is 18.4. The average molecular weight is 660 g/mol. The highest BCUT2D eigenvalue weighted by Gasteiger charge is 2.35. The smallest absolute Gasteiger partial charge is 0.293 e. The van der Waals surface area contributed by atoms with Crippen LogP contribution in [0.2, 0.25) is 0 Å². The van der Waals surface area contributed by atoms with Gasteiger partial charge >= 0.3 is 0 Å². The first-order valence-electron chi connectivity index (χ1n) is 11.7. The maximum atomic E-state index is 13.0. The minimum Gasteiger partial charge on any atom is -0.490 e. The van der Waals surface area contributed by atoms with Crippen LogP contribution in [0.25, 0.3) is 6.08 Å². The summed E-state index contributed by atoms with van der Waals surface area (Å²) < 4.78 is 12.9. The van der Waals surface area contributed by atoms with Crippen LogP contribution in [0.4, 0.5) is 10.5 Å². The number of ether oxygens (including phenoxy) is 2. The molecule has 1 aliphatic heterocycles. The number of aryl methyl sites for hydroxylation is 1. The number of rotatable bonds is 9. The van der Waals surface area contributed by atoms with Gasteiger partial charge in [-0.15, -0.1) is 0 Å². The van der Waals surface area contributed by atoms with Crippen LogP contribution in [-0.2, 0) is 16.1 Å². The zero-order chi connectivity index (χ0) is 27.2. The number of halogens is 2. The van der Waals surface area contributed by atoms with Gasteiger partial charge in [-0.25, -0.2) is 0 Å². The van der Waals surface area contributed by atoms with Gasteiger partial charge in [-0.1, -0.05) is 46.3 Å². The molecule has 0 bridgehead atoms. The van der Waals surface area contributed by atoms with Crippen LogP contribution in [-0.4, -0.2) is 35.2 Å². The molecule has 1 saturated heterocycles. The van der Waals surface area contributed by atoms with E-state index in [2.05, 4.69) is 37.2 Å². The summed E-state index contributed by atoms with van der Waals surface area (Å²) >= 11 is 7.85. The number of anilines is 1. The first-order chi connectivity index (χ1) is 18.2. The standard InChI is InChI=1S/C28H24Br2N2O5S/c1-3-36-23-13-18(12-22(30)26(23)37-16-25(33)31-20-9-6-7-17(2)11-20)14-24-27(34)32(28(35)38-24)15-19-8-4-5-10-21(19)29/h4-14H,3,15-16H2,1-2H3,(H,31,33)/b24-14-. The largest absolute Gasteiger partial charge is 0.490 e. The number of hydrogen-bond acceptors (Lipinski definition) is 6. The van der Waals surface area contributed by atoms with Crippen molar-refractivity contribution >= 4 is 72.4 Å². The average Bonchev–Trinajstić information content (AvgIpc) is 3.12. The molecule has 1 heterocycles. The lowest BCUT2D eigenvalue weighted by Crippen LogP contribution is -2.27. The van der Waals surface area contributed by atoms with Crippen LogP contribution in [0.3, 0.4) is 0 Å². The van der Waals surface area contributed by atoms with E-state index < -0.39 is 0 Å². The fourth-order valence-corrected chi connectivity index (χ4v) is 5.54. The highest BCUT2D eigenvalue weighted by atomic mass is 79.9. The molecule has 0 aromatic heterocycles. The van der Waals surface area contributed by atoms with Crippen LogP contribution in [0, 0.1) is 6.92 Å². The Hall–Kier alpha value is -3.08. The Morgan fingerprint density at radius 2 is 1.82 bits per heavy atom. The molecule has 3 aromatic carbocycles. The van der Waals surface area contributed by atoms with Gasteiger partial charge in [-0.05, 0) is 94.6 Å². The summed E-state index contributed by atoms with van der Waals surface area (Å²) in [5, 5.41) is 2.48. The third kappa shape index (κ3) is 6.86. The molecule has 7 nitrogen and oxygen atoms in total. The summed E-state index contributed by atoms with van der Waals surface area (Å²) in [5.41, 5.74) is 3.20. The number of carbonyl (C=O) groups excluding carboxylic acids is 3. The SMILES string of the molecule is CCOc1cc(/C=C2\SC(=O)N(Cc3ccccc3Br)C2=O)cc(Br)c1OCC(=O)Nc1cccc(C)c1. The van der Waals surface area contributed by atoms with E-state index in [1.54, 1.807) is 18.2 Å². The van der Waals surface area contributed by atoms with Crippen molar-refractivity contribution in [3.05, 3.63) is 91.2 Å². The van der Waals surface area contributed by atoms with Crippen LogP contribution in [0.1, 0.15) is 23.6 Å². The Balaban J connectivity index is 1.50. The zero-order valence-electron chi connectivity index (χ0n) is 20.6. The zero-order valence-corrected chi connectivity index (χ0v) is 24.6. The van der Waals surface area contributed by atoms with E-state index in [-0.39, 0.29) is 30.2 Å². The van der Waals surface area contributed by atoms with Crippen molar-refractivity contribution in [2.24, 2.45) is 0 Å². The first kappa shape index (κ1) is 27.9. The van der Waals surface area contributed by atoms with Gasteiger partial charge in [0.25, 0.3) is 17.1 Å². The van der Waals surface area contributed by atoms with Crippen LogP contribution < -0.4 is 14.8 Å². The molecule has 1 aliphatic rings.